The van der Waals surface area contributed by atoms with Gasteiger partial charge in [0.15, 0.2) is 6.10 Å². The summed E-state index contributed by atoms with van der Waals surface area (Å²) in [6.45, 7) is 1.68. The molecule has 5 nitrogen and oxygen atoms in total. The van der Waals surface area contributed by atoms with Gasteiger partial charge < -0.3 is 15.4 Å². The quantitative estimate of drug-likeness (QED) is 0.861. The zero-order valence-corrected chi connectivity index (χ0v) is 13.3. The van der Waals surface area contributed by atoms with Crippen LogP contribution in [0.2, 0.25) is 0 Å². The highest BCUT2D eigenvalue weighted by atomic mass is 79.9. The Hall–Kier alpha value is -2.34. The largest absolute Gasteiger partial charge is 0.479 e. The van der Waals surface area contributed by atoms with Gasteiger partial charge in [0, 0.05) is 10.2 Å². The highest BCUT2D eigenvalue weighted by Gasteiger charge is 2.23. The Morgan fingerprint density at radius 1 is 1.27 bits per heavy atom. The van der Waals surface area contributed by atoms with E-state index < -0.39 is 6.10 Å². The van der Waals surface area contributed by atoms with Gasteiger partial charge in [-0.05, 0) is 53.2 Å². The third kappa shape index (κ3) is 2.82. The maximum atomic E-state index is 12.3. The molecule has 0 fully saturated rings. The molecule has 1 atom stereocenters. The average Bonchev–Trinajstić information content (AvgIpc) is 2.49. The first-order valence-corrected chi connectivity index (χ1v) is 7.51. The van der Waals surface area contributed by atoms with E-state index in [4.69, 9.17) is 4.74 Å². The predicted octanol–water partition coefficient (Wildman–Crippen LogP) is 3.42. The monoisotopic (exact) mass is 360 g/mol. The van der Waals surface area contributed by atoms with E-state index in [1.54, 1.807) is 43.3 Å². The molecule has 0 radical (unpaired) electrons. The van der Waals surface area contributed by atoms with Crippen LogP contribution in [-0.4, -0.2) is 17.9 Å². The number of ether oxygens (including phenoxy) is 1. The van der Waals surface area contributed by atoms with Gasteiger partial charge in [-0.3, -0.25) is 9.59 Å². The molecule has 0 unspecified atom stereocenters. The van der Waals surface area contributed by atoms with Crippen LogP contribution in [0.4, 0.5) is 11.4 Å². The van der Waals surface area contributed by atoms with E-state index in [1.165, 1.54) is 0 Å². The summed E-state index contributed by atoms with van der Waals surface area (Å²) in [5.41, 5.74) is 1.67. The molecule has 2 aromatic rings. The van der Waals surface area contributed by atoms with Gasteiger partial charge in [-0.2, -0.15) is 0 Å². The van der Waals surface area contributed by atoms with E-state index >= 15 is 0 Å². The summed E-state index contributed by atoms with van der Waals surface area (Å²) in [6, 6.07) is 12.3. The van der Waals surface area contributed by atoms with E-state index in [9.17, 15) is 9.59 Å². The number of carbonyl (C=O) groups is 2. The molecule has 2 N–H and O–H groups in total. The van der Waals surface area contributed by atoms with Gasteiger partial charge in [0.05, 0.1) is 11.3 Å². The zero-order chi connectivity index (χ0) is 15.7. The van der Waals surface area contributed by atoms with Crippen molar-refractivity contribution < 1.29 is 14.3 Å². The van der Waals surface area contributed by atoms with Crippen LogP contribution >= 0.6 is 15.9 Å². The maximum Gasteiger partial charge on any atom is 0.265 e. The molecule has 6 heteroatoms. The van der Waals surface area contributed by atoms with Crippen LogP contribution in [0.1, 0.15) is 17.3 Å². The molecule has 0 saturated carbocycles. The number of benzene rings is 2. The number of rotatable bonds is 2. The van der Waals surface area contributed by atoms with Crippen LogP contribution in [0.3, 0.4) is 0 Å². The van der Waals surface area contributed by atoms with Crippen molar-refractivity contribution in [1.82, 2.24) is 0 Å². The number of amides is 2. The van der Waals surface area contributed by atoms with Crippen LogP contribution in [0.5, 0.6) is 5.75 Å². The van der Waals surface area contributed by atoms with Gasteiger partial charge in [0.1, 0.15) is 5.75 Å². The molecule has 2 amide bonds. The van der Waals surface area contributed by atoms with E-state index in [-0.39, 0.29) is 11.8 Å². The molecule has 0 aliphatic carbocycles. The number of halogens is 1. The SMILES string of the molecule is C[C@H]1Oc2ccc(NC(=O)c3ccccc3Br)cc2NC1=O. The Morgan fingerprint density at radius 3 is 2.82 bits per heavy atom. The van der Waals surface area contributed by atoms with Crippen molar-refractivity contribution in [1.29, 1.82) is 0 Å². The maximum absolute atomic E-state index is 12.3. The normalized spacial score (nSPS) is 16.3. The Balaban J connectivity index is 1.82. The first kappa shape index (κ1) is 14.6. The van der Waals surface area contributed by atoms with Crippen LogP contribution in [-0.2, 0) is 4.79 Å². The summed E-state index contributed by atoms with van der Waals surface area (Å²) in [5.74, 6) is 0.150. The molecule has 1 aliphatic rings. The first-order valence-electron chi connectivity index (χ1n) is 6.72. The Kier molecular flexibility index (Phi) is 3.85. The van der Waals surface area contributed by atoms with E-state index in [2.05, 4.69) is 26.6 Å². The second kappa shape index (κ2) is 5.81. The smallest absolute Gasteiger partial charge is 0.265 e. The van der Waals surface area contributed by atoms with E-state index in [0.717, 1.165) is 4.47 Å². The molecule has 0 spiro atoms. The first-order chi connectivity index (χ1) is 10.5. The highest BCUT2D eigenvalue weighted by Crippen LogP contribution is 2.32. The Bertz CT molecular complexity index is 761. The lowest BCUT2D eigenvalue weighted by Gasteiger charge is -2.23. The predicted molar refractivity (Wildman–Crippen MR) is 87.3 cm³/mol. The fourth-order valence-electron chi connectivity index (χ4n) is 2.13. The molecular weight excluding hydrogens is 348 g/mol. The van der Waals surface area contributed by atoms with Crippen molar-refractivity contribution in [3.8, 4) is 5.75 Å². The second-order valence-corrected chi connectivity index (χ2v) is 5.75. The summed E-state index contributed by atoms with van der Waals surface area (Å²) in [5, 5.41) is 5.55. The lowest BCUT2D eigenvalue weighted by Crippen LogP contribution is -2.34. The van der Waals surface area contributed by atoms with Crippen molar-refractivity contribution in [2.24, 2.45) is 0 Å². The second-order valence-electron chi connectivity index (χ2n) is 4.89. The van der Waals surface area contributed by atoms with Crippen molar-refractivity contribution in [2.75, 3.05) is 10.6 Å². The molecule has 2 aromatic carbocycles. The molecule has 3 rings (SSSR count). The minimum absolute atomic E-state index is 0.207. The minimum atomic E-state index is -0.520. The standard InChI is InChI=1S/C16H13BrN2O3/c1-9-15(20)19-13-8-10(6-7-14(13)22-9)18-16(21)11-4-2-3-5-12(11)17/h2-9H,1H3,(H,18,21)(H,19,20)/t9-/m1/s1. The summed E-state index contributed by atoms with van der Waals surface area (Å²) < 4.78 is 6.19. The topological polar surface area (TPSA) is 67.4 Å². The van der Waals surface area contributed by atoms with Crippen molar-refractivity contribution in [3.05, 3.63) is 52.5 Å². The number of fused-ring (bicyclic) bond motifs is 1. The van der Waals surface area contributed by atoms with Gasteiger partial charge in [0.25, 0.3) is 11.8 Å². The fraction of sp³-hybridized carbons (Fsp3) is 0.125. The van der Waals surface area contributed by atoms with Gasteiger partial charge in [-0.15, -0.1) is 0 Å². The van der Waals surface area contributed by atoms with Crippen LogP contribution in [0.15, 0.2) is 46.9 Å². The molecular formula is C16H13BrN2O3. The number of hydrogen-bond donors (Lipinski definition) is 2. The zero-order valence-electron chi connectivity index (χ0n) is 11.7. The lowest BCUT2D eigenvalue weighted by molar-refractivity contribution is -0.122. The third-order valence-corrected chi connectivity index (χ3v) is 3.98. The molecule has 0 bridgehead atoms. The van der Waals surface area contributed by atoms with Gasteiger partial charge in [-0.1, -0.05) is 12.1 Å². The number of carbonyl (C=O) groups excluding carboxylic acids is 2. The molecule has 22 heavy (non-hydrogen) atoms. The molecule has 1 aliphatic heterocycles. The summed E-state index contributed by atoms with van der Waals surface area (Å²) in [7, 11) is 0. The lowest BCUT2D eigenvalue weighted by atomic mass is 10.2. The van der Waals surface area contributed by atoms with Crippen LogP contribution < -0.4 is 15.4 Å². The van der Waals surface area contributed by atoms with Gasteiger partial charge in [0.2, 0.25) is 0 Å². The van der Waals surface area contributed by atoms with Crippen LogP contribution in [0, 0.1) is 0 Å². The summed E-state index contributed by atoms with van der Waals surface area (Å²) >= 11 is 3.35. The Labute approximate surface area is 135 Å². The summed E-state index contributed by atoms with van der Waals surface area (Å²) in [4.78, 5) is 23.9. The Morgan fingerprint density at radius 2 is 2.05 bits per heavy atom. The van der Waals surface area contributed by atoms with Crippen LogP contribution in [0.25, 0.3) is 0 Å². The molecule has 1 heterocycles. The van der Waals surface area contributed by atoms with E-state index in [1.807, 2.05) is 6.07 Å². The number of hydrogen-bond acceptors (Lipinski definition) is 3. The highest BCUT2D eigenvalue weighted by molar-refractivity contribution is 9.10. The van der Waals surface area contributed by atoms with Crippen molar-refractivity contribution in [2.45, 2.75) is 13.0 Å². The summed E-state index contributed by atoms with van der Waals surface area (Å²) in [6.07, 6.45) is -0.520. The fourth-order valence-corrected chi connectivity index (χ4v) is 2.60. The molecule has 0 saturated heterocycles. The average molecular weight is 361 g/mol. The number of anilines is 2. The third-order valence-electron chi connectivity index (χ3n) is 3.29. The number of nitrogens with one attached hydrogen (secondary N) is 2. The van der Waals surface area contributed by atoms with E-state index in [0.29, 0.717) is 22.7 Å². The minimum Gasteiger partial charge on any atom is -0.479 e. The van der Waals surface area contributed by atoms with Gasteiger partial charge >= 0.3 is 0 Å². The van der Waals surface area contributed by atoms with Crippen molar-refractivity contribution >= 4 is 39.1 Å². The molecule has 112 valence electrons. The van der Waals surface area contributed by atoms with Gasteiger partial charge in [-0.25, -0.2) is 0 Å². The van der Waals surface area contributed by atoms with Crippen molar-refractivity contribution in [3.63, 3.8) is 0 Å². The molecule has 0 aromatic heterocycles.